The largest absolute Gasteiger partial charge is 0.485 e. The molecule has 0 bridgehead atoms. The molecule has 2 aromatic carbocycles. The summed E-state index contributed by atoms with van der Waals surface area (Å²) >= 11 is 0. The molecule has 1 saturated carbocycles. The molecule has 0 saturated heterocycles. The van der Waals surface area contributed by atoms with Crippen molar-refractivity contribution in [1.29, 1.82) is 0 Å². The number of nitrogens with one attached hydrogen (secondary N) is 1. The lowest BCUT2D eigenvalue weighted by Crippen LogP contribution is -2.51. The Hall–Kier alpha value is -2.48. The second-order valence-corrected chi connectivity index (χ2v) is 12.3. The molecule has 4 nitrogen and oxygen atoms in total. The van der Waals surface area contributed by atoms with Crippen LogP contribution < -0.4 is 10.1 Å². The van der Waals surface area contributed by atoms with Crippen LogP contribution in [0.1, 0.15) is 95.9 Å². The van der Waals surface area contributed by atoms with E-state index in [2.05, 4.69) is 88.3 Å². The van der Waals surface area contributed by atoms with Crippen LogP contribution in [-0.2, 0) is 21.4 Å². The zero-order chi connectivity index (χ0) is 26.5. The number of hydrogen-bond donors (Lipinski definition) is 1. The summed E-state index contributed by atoms with van der Waals surface area (Å²) in [6.07, 6.45) is 12.8. The number of anilines is 1. The maximum atomic E-state index is 6.62. The summed E-state index contributed by atoms with van der Waals surface area (Å²) in [5.41, 5.74) is 4.26. The molecule has 0 spiro atoms. The van der Waals surface area contributed by atoms with Crippen molar-refractivity contribution in [3.05, 3.63) is 59.2 Å². The Morgan fingerprint density at radius 2 is 1.76 bits per heavy atom. The maximum Gasteiger partial charge on any atom is 0.132 e. The predicted molar refractivity (Wildman–Crippen MR) is 152 cm³/mol. The lowest BCUT2D eigenvalue weighted by Gasteiger charge is -2.44. The number of terminal acetylenes is 1. The first-order valence-corrected chi connectivity index (χ1v) is 14.0. The van der Waals surface area contributed by atoms with E-state index in [1.807, 2.05) is 0 Å². The molecule has 1 aliphatic heterocycles. The van der Waals surface area contributed by atoms with Gasteiger partial charge in [0.2, 0.25) is 0 Å². The molecule has 1 N–H and O–H groups in total. The SMILES string of the molecule is C#CCOC1C(OCCC2CCCCC2)c2cc(NCc3ccc(C(C)(C)C)cc3)ccc2OC1(C)C. The van der Waals surface area contributed by atoms with Crippen molar-refractivity contribution in [2.45, 2.75) is 103 Å². The minimum atomic E-state index is -0.552. The van der Waals surface area contributed by atoms with E-state index in [9.17, 15) is 0 Å². The van der Waals surface area contributed by atoms with Gasteiger partial charge in [0.25, 0.3) is 0 Å². The van der Waals surface area contributed by atoms with Gasteiger partial charge in [0.15, 0.2) is 0 Å². The van der Waals surface area contributed by atoms with E-state index in [0.29, 0.717) is 0 Å². The Balaban J connectivity index is 1.50. The Morgan fingerprint density at radius 1 is 1.03 bits per heavy atom. The van der Waals surface area contributed by atoms with Crippen molar-refractivity contribution < 1.29 is 14.2 Å². The molecule has 0 radical (unpaired) electrons. The van der Waals surface area contributed by atoms with Crippen LogP contribution in [0.15, 0.2) is 42.5 Å². The van der Waals surface area contributed by atoms with Crippen LogP contribution in [0.5, 0.6) is 5.75 Å². The van der Waals surface area contributed by atoms with Crippen LogP contribution in [0.2, 0.25) is 0 Å². The normalized spacial score (nSPS) is 21.5. The van der Waals surface area contributed by atoms with Crippen molar-refractivity contribution in [3.8, 4) is 18.1 Å². The van der Waals surface area contributed by atoms with Gasteiger partial charge in [-0.05, 0) is 60.9 Å². The van der Waals surface area contributed by atoms with Gasteiger partial charge in [0.05, 0.1) is 0 Å². The van der Waals surface area contributed by atoms with Crippen LogP contribution in [-0.4, -0.2) is 24.9 Å². The minimum absolute atomic E-state index is 0.155. The van der Waals surface area contributed by atoms with E-state index in [1.54, 1.807) is 0 Å². The van der Waals surface area contributed by atoms with Gasteiger partial charge in [-0.1, -0.05) is 83.1 Å². The Labute approximate surface area is 224 Å². The van der Waals surface area contributed by atoms with Crippen LogP contribution >= 0.6 is 0 Å². The fraction of sp³-hybridized carbons (Fsp3) is 0.576. The molecular weight excluding hydrogens is 458 g/mol. The first kappa shape index (κ1) is 27.6. The van der Waals surface area contributed by atoms with Gasteiger partial charge in [-0.25, -0.2) is 0 Å². The van der Waals surface area contributed by atoms with Crippen molar-refractivity contribution >= 4 is 5.69 Å². The van der Waals surface area contributed by atoms with E-state index >= 15 is 0 Å². The maximum absolute atomic E-state index is 6.62. The third-order valence-corrected chi connectivity index (χ3v) is 7.86. The van der Waals surface area contributed by atoms with Crippen molar-refractivity contribution in [2.24, 2.45) is 5.92 Å². The highest BCUT2D eigenvalue weighted by Crippen LogP contribution is 2.44. The summed E-state index contributed by atoms with van der Waals surface area (Å²) in [5.74, 6) is 4.24. The molecule has 1 heterocycles. The third kappa shape index (κ3) is 7.09. The van der Waals surface area contributed by atoms with Gasteiger partial charge in [0, 0.05) is 24.4 Å². The predicted octanol–water partition coefficient (Wildman–Crippen LogP) is 7.81. The second-order valence-electron chi connectivity index (χ2n) is 12.3. The first-order valence-electron chi connectivity index (χ1n) is 14.0. The fourth-order valence-electron chi connectivity index (χ4n) is 5.61. The van der Waals surface area contributed by atoms with Crippen LogP contribution in [0.3, 0.4) is 0 Å². The third-order valence-electron chi connectivity index (χ3n) is 7.86. The van der Waals surface area contributed by atoms with Gasteiger partial charge in [-0.15, -0.1) is 6.42 Å². The number of ether oxygens (including phenoxy) is 3. The highest BCUT2D eigenvalue weighted by molar-refractivity contribution is 5.54. The smallest absolute Gasteiger partial charge is 0.132 e. The molecule has 4 heteroatoms. The fourth-order valence-corrected chi connectivity index (χ4v) is 5.61. The molecule has 2 unspecified atom stereocenters. The zero-order valence-electron chi connectivity index (χ0n) is 23.4. The molecule has 4 rings (SSSR count). The van der Waals surface area contributed by atoms with Crippen LogP contribution in [0.25, 0.3) is 0 Å². The van der Waals surface area contributed by atoms with Gasteiger partial charge >= 0.3 is 0 Å². The lowest BCUT2D eigenvalue weighted by molar-refractivity contribution is -0.157. The van der Waals surface area contributed by atoms with Gasteiger partial charge in [-0.2, -0.15) is 0 Å². The summed E-state index contributed by atoms with van der Waals surface area (Å²) < 4.78 is 19.2. The summed E-state index contributed by atoms with van der Waals surface area (Å²) in [7, 11) is 0. The van der Waals surface area contributed by atoms with Crippen molar-refractivity contribution in [1.82, 2.24) is 0 Å². The summed E-state index contributed by atoms with van der Waals surface area (Å²) in [6.45, 7) is 12.5. The van der Waals surface area contributed by atoms with E-state index in [0.717, 1.165) is 42.5 Å². The van der Waals surface area contributed by atoms with Crippen LogP contribution in [0, 0.1) is 18.3 Å². The molecule has 0 aromatic heterocycles. The zero-order valence-corrected chi connectivity index (χ0v) is 23.4. The van der Waals surface area contributed by atoms with Gasteiger partial charge in [-0.3, -0.25) is 0 Å². The minimum Gasteiger partial charge on any atom is -0.485 e. The quantitative estimate of drug-likeness (QED) is 0.354. The molecule has 2 aromatic rings. The average Bonchev–Trinajstić information content (AvgIpc) is 2.87. The monoisotopic (exact) mass is 503 g/mol. The molecule has 0 amide bonds. The summed E-state index contributed by atoms with van der Waals surface area (Å²) in [4.78, 5) is 0. The number of benzene rings is 2. The standard InChI is InChI=1S/C33H45NO3/c1-7-20-36-31-30(35-21-19-24-11-9-8-10-12-24)28-22-27(17-18-29(28)37-33(31,5)6)34-23-25-13-15-26(16-14-25)32(2,3)4/h1,13-18,22,24,30-31,34H,8-12,19-21,23H2,2-6H3. The molecule has 2 atom stereocenters. The van der Waals surface area contributed by atoms with E-state index in [4.69, 9.17) is 20.6 Å². The van der Waals surface area contributed by atoms with Crippen LogP contribution in [0.4, 0.5) is 5.69 Å². The topological polar surface area (TPSA) is 39.7 Å². The van der Waals surface area contributed by atoms with Gasteiger partial charge in [0.1, 0.15) is 30.2 Å². The van der Waals surface area contributed by atoms with Crippen molar-refractivity contribution in [3.63, 3.8) is 0 Å². The van der Waals surface area contributed by atoms with Crippen molar-refractivity contribution in [2.75, 3.05) is 18.5 Å². The summed E-state index contributed by atoms with van der Waals surface area (Å²) in [5, 5.41) is 3.59. The van der Waals surface area contributed by atoms with Gasteiger partial charge < -0.3 is 19.5 Å². The Kier molecular flexibility index (Phi) is 8.88. The number of rotatable bonds is 9. The summed E-state index contributed by atoms with van der Waals surface area (Å²) in [6, 6.07) is 15.2. The van der Waals surface area contributed by atoms with E-state index in [-0.39, 0.29) is 24.2 Å². The molecule has 200 valence electrons. The Morgan fingerprint density at radius 3 is 2.43 bits per heavy atom. The molecule has 1 fully saturated rings. The second kappa shape index (κ2) is 11.9. The Bertz CT molecular complexity index is 1050. The molecule has 2 aliphatic rings. The number of hydrogen-bond acceptors (Lipinski definition) is 4. The lowest BCUT2D eigenvalue weighted by atomic mass is 9.86. The molecular formula is C33H45NO3. The highest BCUT2D eigenvalue weighted by Gasteiger charge is 2.45. The average molecular weight is 504 g/mol. The van der Waals surface area contributed by atoms with E-state index in [1.165, 1.54) is 43.2 Å². The van der Waals surface area contributed by atoms with E-state index < -0.39 is 5.60 Å². The highest BCUT2D eigenvalue weighted by atomic mass is 16.6. The molecule has 37 heavy (non-hydrogen) atoms. The first-order chi connectivity index (χ1) is 17.7. The molecule has 1 aliphatic carbocycles. The number of fused-ring (bicyclic) bond motifs is 1.